The smallest absolute Gasteiger partial charge is 0.252 e. The Hall–Kier alpha value is -2.69. The van der Waals surface area contributed by atoms with Gasteiger partial charge < -0.3 is 5.73 Å². The fourth-order valence-corrected chi connectivity index (χ4v) is 2.39. The number of para-hydroxylation sites is 1. The van der Waals surface area contributed by atoms with Crippen molar-refractivity contribution < 1.29 is 4.79 Å². The molecule has 2 aromatic heterocycles. The van der Waals surface area contributed by atoms with E-state index in [1.165, 1.54) is 6.20 Å². The molecule has 0 aliphatic rings. The Kier molecular flexibility index (Phi) is 2.75. The lowest BCUT2D eigenvalue weighted by Gasteiger charge is -2.12. The number of fused-ring (bicyclic) bond motifs is 1. The van der Waals surface area contributed by atoms with Crippen LogP contribution in [-0.2, 0) is 0 Å². The van der Waals surface area contributed by atoms with E-state index in [2.05, 4.69) is 10.1 Å². The number of amides is 1. The van der Waals surface area contributed by atoms with Crippen LogP contribution in [0.4, 0.5) is 0 Å². The molecule has 3 aromatic rings. The first kappa shape index (κ1) is 12.3. The van der Waals surface area contributed by atoms with Gasteiger partial charge in [-0.1, -0.05) is 18.2 Å². The van der Waals surface area contributed by atoms with Crippen molar-refractivity contribution in [3.8, 4) is 5.69 Å². The van der Waals surface area contributed by atoms with Gasteiger partial charge >= 0.3 is 0 Å². The highest BCUT2D eigenvalue weighted by atomic mass is 16.1. The standard InChI is InChI=1S/C15H14N4O/c1-9-7-10(2)19(18-9)14-11-5-3-4-6-13(11)17-8-12(14)15(16)20/h3-8H,1-2H3,(H2,16,20). The van der Waals surface area contributed by atoms with Crippen molar-refractivity contribution in [2.24, 2.45) is 5.73 Å². The molecule has 0 bridgehead atoms. The Bertz CT molecular complexity index is 820. The van der Waals surface area contributed by atoms with E-state index in [9.17, 15) is 4.79 Å². The van der Waals surface area contributed by atoms with E-state index >= 15 is 0 Å². The molecule has 0 aliphatic heterocycles. The number of benzene rings is 1. The van der Waals surface area contributed by atoms with Gasteiger partial charge in [0.1, 0.15) is 0 Å². The number of hydrogen-bond acceptors (Lipinski definition) is 3. The summed E-state index contributed by atoms with van der Waals surface area (Å²) >= 11 is 0. The lowest BCUT2D eigenvalue weighted by Crippen LogP contribution is -2.16. The number of aryl methyl sites for hydroxylation is 2. The molecule has 5 nitrogen and oxygen atoms in total. The fourth-order valence-electron chi connectivity index (χ4n) is 2.39. The number of nitrogens with two attached hydrogens (primary N) is 1. The van der Waals surface area contributed by atoms with E-state index in [0.717, 1.165) is 22.3 Å². The number of hydrogen-bond donors (Lipinski definition) is 1. The van der Waals surface area contributed by atoms with Crippen LogP contribution in [0.3, 0.4) is 0 Å². The van der Waals surface area contributed by atoms with Crippen LogP contribution in [0, 0.1) is 13.8 Å². The number of aromatic nitrogens is 3. The lowest BCUT2D eigenvalue weighted by molar-refractivity contribution is 0.1000. The summed E-state index contributed by atoms with van der Waals surface area (Å²) in [5.41, 5.74) is 9.18. The van der Waals surface area contributed by atoms with Crippen molar-refractivity contribution >= 4 is 16.8 Å². The van der Waals surface area contributed by atoms with Crippen LogP contribution in [-0.4, -0.2) is 20.7 Å². The second kappa shape index (κ2) is 4.45. The molecule has 20 heavy (non-hydrogen) atoms. The third-order valence-corrected chi connectivity index (χ3v) is 3.23. The van der Waals surface area contributed by atoms with Gasteiger partial charge in [0, 0.05) is 17.3 Å². The predicted octanol–water partition coefficient (Wildman–Crippen LogP) is 2.14. The third kappa shape index (κ3) is 1.84. The molecule has 0 radical (unpaired) electrons. The Balaban J connectivity index is 2.45. The van der Waals surface area contributed by atoms with Gasteiger partial charge in [0.15, 0.2) is 0 Å². The van der Waals surface area contributed by atoms with E-state index in [0.29, 0.717) is 11.3 Å². The maximum Gasteiger partial charge on any atom is 0.252 e. The summed E-state index contributed by atoms with van der Waals surface area (Å²) in [6.45, 7) is 3.86. The fraction of sp³-hybridized carbons (Fsp3) is 0.133. The molecule has 0 spiro atoms. The van der Waals surface area contributed by atoms with Crippen LogP contribution in [0.2, 0.25) is 0 Å². The number of carbonyl (C=O) groups is 1. The molecule has 0 fully saturated rings. The number of primary amides is 1. The number of carbonyl (C=O) groups excluding carboxylic acids is 1. The SMILES string of the molecule is Cc1cc(C)n(-c2c(C(N)=O)cnc3ccccc23)n1. The topological polar surface area (TPSA) is 73.8 Å². The second-order valence-electron chi connectivity index (χ2n) is 4.74. The maximum absolute atomic E-state index is 11.7. The van der Waals surface area contributed by atoms with Crippen LogP contribution >= 0.6 is 0 Å². The zero-order valence-corrected chi connectivity index (χ0v) is 11.3. The van der Waals surface area contributed by atoms with Gasteiger partial charge in [-0.25, -0.2) is 4.68 Å². The monoisotopic (exact) mass is 266 g/mol. The first-order valence-corrected chi connectivity index (χ1v) is 6.29. The molecular formula is C15H14N4O. The molecule has 0 unspecified atom stereocenters. The molecule has 0 atom stereocenters. The van der Waals surface area contributed by atoms with E-state index in [4.69, 9.17) is 5.73 Å². The van der Waals surface area contributed by atoms with Crippen molar-refractivity contribution in [3.63, 3.8) is 0 Å². The number of rotatable bonds is 2. The van der Waals surface area contributed by atoms with Crippen LogP contribution in [0.1, 0.15) is 21.7 Å². The van der Waals surface area contributed by atoms with Gasteiger partial charge in [-0.3, -0.25) is 9.78 Å². The van der Waals surface area contributed by atoms with Gasteiger partial charge in [-0.05, 0) is 26.0 Å². The van der Waals surface area contributed by atoms with Crippen molar-refractivity contribution in [2.45, 2.75) is 13.8 Å². The summed E-state index contributed by atoms with van der Waals surface area (Å²) in [5.74, 6) is -0.509. The molecule has 1 amide bonds. The van der Waals surface area contributed by atoms with Crippen LogP contribution in [0.5, 0.6) is 0 Å². The Morgan fingerprint density at radius 2 is 2.00 bits per heavy atom. The zero-order chi connectivity index (χ0) is 14.3. The van der Waals surface area contributed by atoms with Gasteiger partial charge in [-0.15, -0.1) is 0 Å². The minimum atomic E-state index is -0.509. The van der Waals surface area contributed by atoms with E-state index in [1.54, 1.807) is 4.68 Å². The molecule has 0 aliphatic carbocycles. The van der Waals surface area contributed by atoms with E-state index in [-0.39, 0.29) is 0 Å². The molecule has 0 saturated carbocycles. The minimum absolute atomic E-state index is 0.370. The summed E-state index contributed by atoms with van der Waals surface area (Å²) in [6.07, 6.45) is 1.51. The first-order valence-electron chi connectivity index (χ1n) is 6.29. The predicted molar refractivity (Wildman–Crippen MR) is 76.9 cm³/mol. The van der Waals surface area contributed by atoms with E-state index in [1.807, 2.05) is 44.2 Å². The summed E-state index contributed by atoms with van der Waals surface area (Å²) in [7, 11) is 0. The summed E-state index contributed by atoms with van der Waals surface area (Å²) in [4.78, 5) is 16.0. The molecule has 2 N–H and O–H groups in total. The molecular weight excluding hydrogens is 252 g/mol. The summed E-state index contributed by atoms with van der Waals surface area (Å²) in [6, 6.07) is 9.59. The Labute approximate surface area is 116 Å². The van der Waals surface area contributed by atoms with Gasteiger partial charge in [-0.2, -0.15) is 5.10 Å². The van der Waals surface area contributed by atoms with Crippen molar-refractivity contribution in [2.75, 3.05) is 0 Å². The average molecular weight is 266 g/mol. The van der Waals surface area contributed by atoms with Crippen LogP contribution in [0.15, 0.2) is 36.5 Å². The van der Waals surface area contributed by atoms with Crippen molar-refractivity contribution in [1.82, 2.24) is 14.8 Å². The van der Waals surface area contributed by atoms with Crippen molar-refractivity contribution in [1.29, 1.82) is 0 Å². The van der Waals surface area contributed by atoms with Gasteiger partial charge in [0.2, 0.25) is 0 Å². The van der Waals surface area contributed by atoms with Crippen LogP contribution < -0.4 is 5.73 Å². The maximum atomic E-state index is 11.7. The summed E-state index contributed by atoms with van der Waals surface area (Å²) < 4.78 is 1.75. The molecule has 1 aromatic carbocycles. The highest BCUT2D eigenvalue weighted by Gasteiger charge is 2.17. The zero-order valence-electron chi connectivity index (χ0n) is 11.3. The van der Waals surface area contributed by atoms with Crippen LogP contribution in [0.25, 0.3) is 16.6 Å². The Morgan fingerprint density at radius 1 is 1.25 bits per heavy atom. The average Bonchev–Trinajstić information content (AvgIpc) is 2.76. The lowest BCUT2D eigenvalue weighted by atomic mass is 10.1. The van der Waals surface area contributed by atoms with Gasteiger partial charge in [0.25, 0.3) is 5.91 Å². The second-order valence-corrected chi connectivity index (χ2v) is 4.74. The third-order valence-electron chi connectivity index (χ3n) is 3.23. The molecule has 2 heterocycles. The van der Waals surface area contributed by atoms with Crippen molar-refractivity contribution in [3.05, 3.63) is 53.5 Å². The highest BCUT2D eigenvalue weighted by molar-refractivity contribution is 6.03. The van der Waals surface area contributed by atoms with Gasteiger partial charge in [0.05, 0.1) is 22.5 Å². The minimum Gasteiger partial charge on any atom is -0.365 e. The molecule has 3 rings (SSSR count). The number of pyridine rings is 1. The first-order chi connectivity index (χ1) is 9.58. The molecule has 100 valence electrons. The highest BCUT2D eigenvalue weighted by Crippen LogP contribution is 2.25. The number of nitrogens with zero attached hydrogens (tertiary/aromatic N) is 3. The Morgan fingerprint density at radius 3 is 2.65 bits per heavy atom. The normalized spacial score (nSPS) is 10.9. The van der Waals surface area contributed by atoms with E-state index < -0.39 is 5.91 Å². The molecule has 5 heteroatoms. The summed E-state index contributed by atoms with van der Waals surface area (Å²) in [5, 5.41) is 5.31. The molecule has 0 saturated heterocycles. The quantitative estimate of drug-likeness (QED) is 0.772. The largest absolute Gasteiger partial charge is 0.365 e.